The summed E-state index contributed by atoms with van der Waals surface area (Å²) >= 11 is 0. The van der Waals surface area contributed by atoms with Crippen molar-refractivity contribution in [1.82, 2.24) is 15.3 Å². The highest BCUT2D eigenvalue weighted by Gasteiger charge is 2.20. The van der Waals surface area contributed by atoms with Crippen LogP contribution in [0.1, 0.15) is 29.5 Å². The fourth-order valence-corrected chi connectivity index (χ4v) is 2.42. The standard InChI is InChI=1S/C17H22N4/c1-12-6-13(2)8-16(7-12)21(3)17-19-10-14(11-20-17)9-18-15-4-5-15/h6-8,10-11,15,18H,4-5,9H2,1-3H3. The van der Waals surface area contributed by atoms with Crippen molar-refractivity contribution in [3.8, 4) is 0 Å². The molecule has 4 nitrogen and oxygen atoms in total. The first-order chi connectivity index (χ1) is 10.1. The Balaban J connectivity index is 1.72. The molecule has 0 saturated heterocycles. The molecule has 1 N–H and O–H groups in total. The van der Waals surface area contributed by atoms with E-state index in [4.69, 9.17) is 0 Å². The summed E-state index contributed by atoms with van der Waals surface area (Å²) in [5, 5.41) is 3.47. The third-order valence-corrected chi connectivity index (χ3v) is 3.76. The smallest absolute Gasteiger partial charge is 0.229 e. The van der Waals surface area contributed by atoms with Crippen LogP contribution in [0.4, 0.5) is 11.6 Å². The highest BCUT2D eigenvalue weighted by molar-refractivity contribution is 5.58. The molecule has 0 unspecified atom stereocenters. The number of aryl methyl sites for hydroxylation is 2. The Morgan fingerprint density at radius 3 is 2.29 bits per heavy atom. The van der Waals surface area contributed by atoms with E-state index < -0.39 is 0 Å². The van der Waals surface area contributed by atoms with E-state index in [1.54, 1.807) is 0 Å². The lowest BCUT2D eigenvalue weighted by Gasteiger charge is -2.18. The summed E-state index contributed by atoms with van der Waals surface area (Å²) in [5.74, 6) is 0.732. The Morgan fingerprint density at radius 2 is 1.71 bits per heavy atom. The molecule has 1 aromatic heterocycles. The van der Waals surface area contributed by atoms with Crippen molar-refractivity contribution in [2.45, 2.75) is 39.3 Å². The minimum atomic E-state index is 0.711. The van der Waals surface area contributed by atoms with Gasteiger partial charge in [-0.3, -0.25) is 0 Å². The summed E-state index contributed by atoms with van der Waals surface area (Å²) in [6, 6.07) is 7.19. The van der Waals surface area contributed by atoms with Crippen LogP contribution in [0.5, 0.6) is 0 Å². The second-order valence-electron chi connectivity index (χ2n) is 5.95. The molecule has 0 atom stereocenters. The lowest BCUT2D eigenvalue weighted by Crippen LogP contribution is -2.17. The lowest BCUT2D eigenvalue weighted by atomic mass is 10.1. The van der Waals surface area contributed by atoms with Crippen LogP contribution in [0.2, 0.25) is 0 Å². The fourth-order valence-electron chi connectivity index (χ4n) is 2.42. The van der Waals surface area contributed by atoms with Crippen molar-refractivity contribution in [3.05, 3.63) is 47.3 Å². The number of benzene rings is 1. The topological polar surface area (TPSA) is 41.1 Å². The molecule has 3 rings (SSSR count). The molecule has 1 aliphatic rings. The average Bonchev–Trinajstić information content (AvgIpc) is 3.28. The van der Waals surface area contributed by atoms with Gasteiger partial charge in [-0.15, -0.1) is 0 Å². The maximum absolute atomic E-state index is 4.49. The normalized spacial score (nSPS) is 14.2. The molecular formula is C17H22N4. The molecule has 110 valence electrons. The molecule has 1 saturated carbocycles. The molecule has 0 aliphatic heterocycles. The van der Waals surface area contributed by atoms with Gasteiger partial charge in [-0.25, -0.2) is 9.97 Å². The van der Waals surface area contributed by atoms with Crippen LogP contribution in [0.3, 0.4) is 0 Å². The summed E-state index contributed by atoms with van der Waals surface area (Å²) in [6.45, 7) is 5.08. The Hall–Kier alpha value is -1.94. The number of anilines is 2. The number of nitrogens with zero attached hydrogens (tertiary/aromatic N) is 3. The van der Waals surface area contributed by atoms with Gasteiger partial charge in [0.15, 0.2) is 0 Å². The van der Waals surface area contributed by atoms with E-state index in [0.29, 0.717) is 6.04 Å². The molecule has 1 aliphatic carbocycles. The summed E-state index contributed by atoms with van der Waals surface area (Å²) in [7, 11) is 2.01. The fraction of sp³-hybridized carbons (Fsp3) is 0.412. The Morgan fingerprint density at radius 1 is 1.10 bits per heavy atom. The maximum atomic E-state index is 4.49. The van der Waals surface area contributed by atoms with Crippen molar-refractivity contribution >= 4 is 11.6 Å². The van der Waals surface area contributed by atoms with E-state index in [1.165, 1.54) is 24.0 Å². The molecule has 0 amide bonds. The summed E-state index contributed by atoms with van der Waals surface area (Å²) in [6.07, 6.45) is 6.43. The van der Waals surface area contributed by atoms with Crippen LogP contribution in [-0.4, -0.2) is 23.1 Å². The highest BCUT2D eigenvalue weighted by Crippen LogP contribution is 2.23. The first-order valence-electron chi connectivity index (χ1n) is 7.48. The van der Waals surface area contributed by atoms with Crippen LogP contribution in [0.15, 0.2) is 30.6 Å². The van der Waals surface area contributed by atoms with Crippen molar-refractivity contribution in [2.24, 2.45) is 0 Å². The first kappa shape index (κ1) is 14.0. The van der Waals surface area contributed by atoms with Crippen LogP contribution in [0, 0.1) is 13.8 Å². The summed E-state index contributed by atoms with van der Waals surface area (Å²) < 4.78 is 0. The summed E-state index contributed by atoms with van der Waals surface area (Å²) in [5.41, 5.74) is 4.76. The van der Waals surface area contributed by atoms with Gasteiger partial charge in [0, 0.05) is 43.3 Å². The quantitative estimate of drug-likeness (QED) is 0.915. The van der Waals surface area contributed by atoms with Gasteiger partial charge in [0.2, 0.25) is 5.95 Å². The van der Waals surface area contributed by atoms with Crippen LogP contribution in [0.25, 0.3) is 0 Å². The molecule has 1 aromatic carbocycles. The van der Waals surface area contributed by atoms with Gasteiger partial charge in [-0.2, -0.15) is 0 Å². The summed E-state index contributed by atoms with van der Waals surface area (Å²) in [4.78, 5) is 11.0. The number of aromatic nitrogens is 2. The van der Waals surface area contributed by atoms with Gasteiger partial charge in [0.25, 0.3) is 0 Å². The Bertz CT molecular complexity index is 597. The minimum Gasteiger partial charge on any atom is -0.314 e. The Labute approximate surface area is 126 Å². The zero-order valence-electron chi connectivity index (χ0n) is 12.9. The van der Waals surface area contributed by atoms with Crippen molar-refractivity contribution < 1.29 is 0 Å². The zero-order valence-corrected chi connectivity index (χ0v) is 12.9. The second kappa shape index (κ2) is 5.82. The predicted molar refractivity (Wildman–Crippen MR) is 85.9 cm³/mol. The molecule has 0 radical (unpaired) electrons. The molecule has 1 fully saturated rings. The van der Waals surface area contributed by atoms with Gasteiger partial charge in [-0.1, -0.05) is 6.07 Å². The minimum absolute atomic E-state index is 0.711. The molecular weight excluding hydrogens is 260 g/mol. The van der Waals surface area contributed by atoms with Crippen molar-refractivity contribution in [2.75, 3.05) is 11.9 Å². The van der Waals surface area contributed by atoms with Crippen LogP contribution >= 0.6 is 0 Å². The Kier molecular flexibility index (Phi) is 3.88. The van der Waals surface area contributed by atoms with E-state index in [0.717, 1.165) is 23.7 Å². The molecule has 1 heterocycles. The van der Waals surface area contributed by atoms with E-state index in [1.807, 2.05) is 24.3 Å². The molecule has 4 heteroatoms. The zero-order chi connectivity index (χ0) is 14.8. The highest BCUT2D eigenvalue weighted by atomic mass is 15.2. The largest absolute Gasteiger partial charge is 0.314 e. The SMILES string of the molecule is Cc1cc(C)cc(N(C)c2ncc(CNC3CC3)cn2)c1. The van der Waals surface area contributed by atoms with Crippen LogP contribution in [-0.2, 0) is 6.54 Å². The number of nitrogens with one attached hydrogen (secondary N) is 1. The van der Waals surface area contributed by atoms with E-state index in [-0.39, 0.29) is 0 Å². The van der Waals surface area contributed by atoms with E-state index in [2.05, 4.69) is 47.3 Å². The van der Waals surface area contributed by atoms with Gasteiger partial charge in [-0.05, 0) is 49.9 Å². The van der Waals surface area contributed by atoms with Gasteiger partial charge < -0.3 is 10.2 Å². The second-order valence-corrected chi connectivity index (χ2v) is 5.95. The number of hydrogen-bond acceptors (Lipinski definition) is 4. The van der Waals surface area contributed by atoms with Gasteiger partial charge in [0.1, 0.15) is 0 Å². The molecule has 0 spiro atoms. The van der Waals surface area contributed by atoms with Gasteiger partial charge >= 0.3 is 0 Å². The maximum Gasteiger partial charge on any atom is 0.229 e. The molecule has 0 bridgehead atoms. The first-order valence-corrected chi connectivity index (χ1v) is 7.48. The predicted octanol–water partition coefficient (Wildman–Crippen LogP) is 3.11. The molecule has 2 aromatic rings. The van der Waals surface area contributed by atoms with Gasteiger partial charge in [0.05, 0.1) is 0 Å². The average molecular weight is 282 g/mol. The molecule has 21 heavy (non-hydrogen) atoms. The third-order valence-electron chi connectivity index (χ3n) is 3.76. The third kappa shape index (κ3) is 3.58. The number of rotatable bonds is 5. The van der Waals surface area contributed by atoms with E-state index in [9.17, 15) is 0 Å². The number of hydrogen-bond donors (Lipinski definition) is 1. The monoisotopic (exact) mass is 282 g/mol. The van der Waals surface area contributed by atoms with E-state index >= 15 is 0 Å². The van der Waals surface area contributed by atoms with Crippen LogP contribution < -0.4 is 10.2 Å². The van der Waals surface area contributed by atoms with Crippen molar-refractivity contribution in [1.29, 1.82) is 0 Å². The lowest BCUT2D eigenvalue weighted by molar-refractivity contribution is 0.683. The van der Waals surface area contributed by atoms with Crippen molar-refractivity contribution in [3.63, 3.8) is 0 Å².